The maximum Gasteiger partial charge on any atom is 0.514 e. The molecule has 0 saturated carbocycles. The fourth-order valence-corrected chi connectivity index (χ4v) is 3.19. The molecule has 1 aromatic rings. The van der Waals surface area contributed by atoms with E-state index in [4.69, 9.17) is 29.4 Å². The van der Waals surface area contributed by atoms with Crippen LogP contribution in [0.2, 0.25) is 0 Å². The average Bonchev–Trinajstić information content (AvgIpc) is 2.83. The van der Waals surface area contributed by atoms with E-state index in [2.05, 4.69) is 0 Å². The Bertz CT molecular complexity index is 988. The highest BCUT2D eigenvalue weighted by atomic mass is 16.8. The zero-order valence-corrected chi connectivity index (χ0v) is 23.5. The number of aliphatic carboxylic acids is 1. The Balaban J connectivity index is 3.46. The number of carboxylic acid groups (broad SMARTS) is 1. The third kappa shape index (κ3) is 10.2. The molecule has 11 heteroatoms. The number of ether oxygens (including phenoxy) is 5. The number of rotatable bonds is 13. The molecule has 0 amide bonds. The Kier molecular flexibility index (Phi) is 12.0. The summed E-state index contributed by atoms with van der Waals surface area (Å²) in [6, 6.07) is 2.80. The lowest BCUT2D eigenvalue weighted by Crippen LogP contribution is -2.40. The van der Waals surface area contributed by atoms with Gasteiger partial charge < -0.3 is 34.5 Å². The van der Waals surface area contributed by atoms with E-state index in [9.17, 15) is 24.3 Å². The molecule has 38 heavy (non-hydrogen) atoms. The van der Waals surface area contributed by atoms with Crippen LogP contribution in [0.3, 0.4) is 0 Å². The van der Waals surface area contributed by atoms with Crippen LogP contribution in [0.1, 0.15) is 86.1 Å². The second-order valence-electron chi connectivity index (χ2n) is 10.2. The lowest BCUT2D eigenvalue weighted by Gasteiger charge is -2.28. The highest BCUT2D eigenvalue weighted by molar-refractivity contribution is 5.75. The summed E-state index contributed by atoms with van der Waals surface area (Å²) in [7, 11) is 0. The standard InChI is InChI=1S/C27H41NO10/c1-9-20(29)34-15-16(4)21(22(28)23(30)31)17-12-13-18(35-24(32)37-26(5,6)10-2)19(14-17)36-25(33)38-27(7,8)11-3/h12-14,16,21-22H,9-11,15,28H2,1-8H3,(H,30,31)/t16?,21?,22-/m0/s1. The van der Waals surface area contributed by atoms with E-state index in [-0.39, 0.29) is 24.5 Å². The van der Waals surface area contributed by atoms with Crippen LogP contribution < -0.4 is 15.2 Å². The molecule has 0 bridgehead atoms. The van der Waals surface area contributed by atoms with Crippen molar-refractivity contribution < 1.29 is 48.0 Å². The van der Waals surface area contributed by atoms with Crippen molar-refractivity contribution >= 4 is 24.2 Å². The van der Waals surface area contributed by atoms with Crippen LogP contribution >= 0.6 is 0 Å². The van der Waals surface area contributed by atoms with Crippen molar-refractivity contribution in [3.8, 4) is 11.5 Å². The second-order valence-corrected chi connectivity index (χ2v) is 10.2. The maximum absolute atomic E-state index is 12.6. The summed E-state index contributed by atoms with van der Waals surface area (Å²) >= 11 is 0. The summed E-state index contributed by atoms with van der Waals surface area (Å²) in [6.07, 6.45) is -0.875. The molecule has 0 fully saturated rings. The van der Waals surface area contributed by atoms with Crippen molar-refractivity contribution in [1.82, 2.24) is 0 Å². The molecule has 0 aliphatic rings. The molecule has 0 aromatic heterocycles. The molecule has 2 unspecified atom stereocenters. The van der Waals surface area contributed by atoms with E-state index in [0.29, 0.717) is 18.4 Å². The minimum Gasteiger partial charge on any atom is -0.480 e. The van der Waals surface area contributed by atoms with E-state index in [1.165, 1.54) is 18.2 Å². The molecular formula is C27H41NO10. The van der Waals surface area contributed by atoms with Gasteiger partial charge in [0.2, 0.25) is 0 Å². The van der Waals surface area contributed by atoms with Crippen molar-refractivity contribution in [3.63, 3.8) is 0 Å². The van der Waals surface area contributed by atoms with Gasteiger partial charge in [-0.15, -0.1) is 0 Å². The first-order valence-electron chi connectivity index (χ1n) is 12.6. The highest BCUT2D eigenvalue weighted by Crippen LogP contribution is 2.36. The first kappa shape index (κ1) is 32.7. The molecule has 0 radical (unpaired) electrons. The molecule has 0 aliphatic heterocycles. The number of esters is 1. The van der Waals surface area contributed by atoms with E-state index in [0.717, 1.165) is 0 Å². The smallest absolute Gasteiger partial charge is 0.480 e. The maximum atomic E-state index is 12.6. The summed E-state index contributed by atoms with van der Waals surface area (Å²) in [5, 5.41) is 9.64. The van der Waals surface area contributed by atoms with Crippen molar-refractivity contribution in [2.24, 2.45) is 11.7 Å². The predicted molar refractivity (Wildman–Crippen MR) is 138 cm³/mol. The second kappa shape index (κ2) is 14.0. The lowest BCUT2D eigenvalue weighted by molar-refractivity contribution is -0.145. The Labute approximate surface area is 223 Å². The van der Waals surface area contributed by atoms with Crippen LogP contribution in [-0.2, 0) is 23.8 Å². The van der Waals surface area contributed by atoms with Crippen molar-refractivity contribution in [2.75, 3.05) is 6.61 Å². The third-order valence-electron chi connectivity index (χ3n) is 6.24. The minimum atomic E-state index is -1.38. The number of carbonyl (C=O) groups excluding carboxylic acids is 3. The van der Waals surface area contributed by atoms with Gasteiger partial charge in [0.05, 0.1) is 6.61 Å². The molecule has 1 rings (SSSR count). The van der Waals surface area contributed by atoms with Gasteiger partial charge in [-0.25, -0.2) is 9.59 Å². The lowest BCUT2D eigenvalue weighted by atomic mass is 9.82. The van der Waals surface area contributed by atoms with E-state index < -0.39 is 53.3 Å². The highest BCUT2D eigenvalue weighted by Gasteiger charge is 2.33. The number of hydrogen-bond acceptors (Lipinski definition) is 10. The molecule has 0 saturated heterocycles. The number of benzene rings is 1. The van der Waals surface area contributed by atoms with Gasteiger partial charge in [0, 0.05) is 12.3 Å². The summed E-state index contributed by atoms with van der Waals surface area (Å²) in [5.74, 6) is -3.46. The zero-order chi connectivity index (χ0) is 29.3. The minimum absolute atomic E-state index is 0.0854. The van der Waals surface area contributed by atoms with E-state index in [1.54, 1.807) is 41.5 Å². The van der Waals surface area contributed by atoms with Crippen LogP contribution in [0.5, 0.6) is 11.5 Å². The first-order valence-corrected chi connectivity index (χ1v) is 12.6. The molecule has 3 N–H and O–H groups in total. The number of carbonyl (C=O) groups is 4. The Morgan fingerprint density at radius 1 is 0.895 bits per heavy atom. The number of hydrogen-bond donors (Lipinski definition) is 2. The van der Waals surface area contributed by atoms with Gasteiger partial charge >= 0.3 is 24.2 Å². The average molecular weight is 540 g/mol. The van der Waals surface area contributed by atoms with Gasteiger partial charge in [-0.2, -0.15) is 0 Å². The molecule has 11 nitrogen and oxygen atoms in total. The molecule has 0 aliphatic carbocycles. The SMILES string of the molecule is CCC(=O)OCC(C)C(c1ccc(OC(=O)OC(C)(C)CC)c(OC(=O)OC(C)(C)CC)c1)[C@H](N)C(=O)O. The van der Waals surface area contributed by atoms with Crippen LogP contribution in [0.4, 0.5) is 9.59 Å². The molecule has 214 valence electrons. The monoisotopic (exact) mass is 539 g/mol. The summed E-state index contributed by atoms with van der Waals surface area (Å²) in [5.41, 5.74) is 4.74. The molecule has 0 spiro atoms. The van der Waals surface area contributed by atoms with Gasteiger partial charge in [-0.3, -0.25) is 9.59 Å². The zero-order valence-electron chi connectivity index (χ0n) is 23.5. The van der Waals surface area contributed by atoms with Crippen molar-refractivity contribution in [2.45, 2.75) is 97.8 Å². The van der Waals surface area contributed by atoms with Crippen LogP contribution in [-0.4, -0.2) is 53.2 Å². The number of nitrogens with two attached hydrogens (primary N) is 1. The fourth-order valence-electron chi connectivity index (χ4n) is 3.19. The van der Waals surface area contributed by atoms with E-state index >= 15 is 0 Å². The van der Waals surface area contributed by atoms with Crippen LogP contribution in [0.25, 0.3) is 0 Å². The Morgan fingerprint density at radius 3 is 1.84 bits per heavy atom. The Hall–Kier alpha value is -3.34. The van der Waals surface area contributed by atoms with Gasteiger partial charge in [-0.1, -0.05) is 33.8 Å². The summed E-state index contributed by atoms with van der Waals surface area (Å²) in [6.45, 7) is 13.7. The largest absolute Gasteiger partial charge is 0.514 e. The van der Waals surface area contributed by atoms with Crippen LogP contribution in [0, 0.1) is 5.92 Å². The van der Waals surface area contributed by atoms with Gasteiger partial charge in [0.15, 0.2) is 11.5 Å². The number of carboxylic acids is 1. The fraction of sp³-hybridized carbons (Fsp3) is 0.630. The molecular weight excluding hydrogens is 498 g/mol. The molecule has 3 atom stereocenters. The van der Waals surface area contributed by atoms with Crippen molar-refractivity contribution in [1.29, 1.82) is 0 Å². The van der Waals surface area contributed by atoms with Crippen molar-refractivity contribution in [3.05, 3.63) is 23.8 Å². The molecule has 0 heterocycles. The Morgan fingerprint density at radius 2 is 1.39 bits per heavy atom. The summed E-state index contributed by atoms with van der Waals surface area (Å²) in [4.78, 5) is 48.5. The van der Waals surface area contributed by atoms with Gasteiger partial charge in [0.25, 0.3) is 0 Å². The van der Waals surface area contributed by atoms with E-state index in [1.807, 2.05) is 13.8 Å². The normalized spacial score (nSPS) is 14.0. The van der Waals surface area contributed by atoms with Gasteiger partial charge in [0.1, 0.15) is 17.2 Å². The predicted octanol–water partition coefficient (Wildman–Crippen LogP) is 5.18. The first-order chi connectivity index (χ1) is 17.6. The quantitative estimate of drug-likeness (QED) is 0.193. The topological polar surface area (TPSA) is 161 Å². The summed E-state index contributed by atoms with van der Waals surface area (Å²) < 4.78 is 26.6. The third-order valence-corrected chi connectivity index (χ3v) is 6.24. The van der Waals surface area contributed by atoms with Crippen LogP contribution in [0.15, 0.2) is 18.2 Å². The molecule has 1 aromatic carbocycles. The van der Waals surface area contributed by atoms with Gasteiger partial charge in [-0.05, 0) is 64.2 Å².